The van der Waals surface area contributed by atoms with E-state index in [0.29, 0.717) is 0 Å². The largest absolute Gasteiger partial charge is 0.327 e. The van der Waals surface area contributed by atoms with Gasteiger partial charge >= 0.3 is 0 Å². The summed E-state index contributed by atoms with van der Waals surface area (Å²) >= 11 is 9.45. The van der Waals surface area contributed by atoms with Gasteiger partial charge in [-0.25, -0.2) is 4.98 Å². The van der Waals surface area contributed by atoms with E-state index in [1.165, 1.54) is 4.70 Å². The van der Waals surface area contributed by atoms with Gasteiger partial charge in [0.2, 0.25) is 0 Å². The Bertz CT molecular complexity index is 709. The monoisotopic (exact) mass is 334 g/mol. The number of hydrogen-bond acceptors (Lipinski definition) is 4. The molecule has 0 aliphatic heterocycles. The van der Waals surface area contributed by atoms with Crippen molar-refractivity contribution < 1.29 is 0 Å². The predicted molar refractivity (Wildman–Crippen MR) is 93.5 cm³/mol. The Morgan fingerprint density at radius 2 is 2.05 bits per heavy atom. The van der Waals surface area contributed by atoms with Gasteiger partial charge in [-0.05, 0) is 30.3 Å². The lowest BCUT2D eigenvalue weighted by molar-refractivity contribution is 0.745. The van der Waals surface area contributed by atoms with Crippen LogP contribution in [0.2, 0.25) is 5.02 Å². The molecular formula is C16H15ClN2S2. The van der Waals surface area contributed by atoms with Gasteiger partial charge in [0.15, 0.2) is 0 Å². The Hall–Kier alpha value is -1.07. The van der Waals surface area contributed by atoms with E-state index in [2.05, 4.69) is 17.1 Å². The van der Waals surface area contributed by atoms with Gasteiger partial charge in [-0.1, -0.05) is 29.8 Å². The molecule has 0 radical (unpaired) electrons. The minimum atomic E-state index is 0.0922. The molecule has 0 bridgehead atoms. The average molecular weight is 335 g/mol. The number of aromatic nitrogens is 1. The van der Waals surface area contributed by atoms with Crippen molar-refractivity contribution >= 4 is 44.9 Å². The van der Waals surface area contributed by atoms with E-state index in [-0.39, 0.29) is 6.04 Å². The first kappa shape index (κ1) is 14.9. The topological polar surface area (TPSA) is 38.9 Å². The van der Waals surface area contributed by atoms with Crippen LogP contribution in [0, 0.1) is 0 Å². The molecule has 0 saturated heterocycles. The van der Waals surface area contributed by atoms with Gasteiger partial charge in [-0.2, -0.15) is 0 Å². The molecule has 0 saturated carbocycles. The fraction of sp³-hybridized carbons (Fsp3) is 0.188. The van der Waals surface area contributed by atoms with Crippen LogP contribution in [-0.2, 0) is 6.42 Å². The minimum Gasteiger partial charge on any atom is -0.327 e. The molecule has 0 spiro atoms. The summed E-state index contributed by atoms with van der Waals surface area (Å²) in [4.78, 5) is 5.78. The van der Waals surface area contributed by atoms with Gasteiger partial charge < -0.3 is 5.73 Å². The normalized spacial score (nSPS) is 12.7. The Morgan fingerprint density at radius 3 is 2.86 bits per heavy atom. The van der Waals surface area contributed by atoms with Gasteiger partial charge in [0.25, 0.3) is 0 Å². The van der Waals surface area contributed by atoms with Crippen molar-refractivity contribution in [2.24, 2.45) is 5.73 Å². The predicted octanol–water partition coefficient (Wildman–Crippen LogP) is 4.61. The van der Waals surface area contributed by atoms with E-state index in [1.807, 2.05) is 36.4 Å². The van der Waals surface area contributed by atoms with E-state index < -0.39 is 0 Å². The van der Waals surface area contributed by atoms with Crippen molar-refractivity contribution in [3.05, 3.63) is 58.6 Å². The Kier molecular flexibility index (Phi) is 4.80. The summed E-state index contributed by atoms with van der Waals surface area (Å²) in [5, 5.41) is 1.87. The van der Waals surface area contributed by atoms with Crippen LogP contribution < -0.4 is 5.73 Å². The van der Waals surface area contributed by atoms with Crippen LogP contribution in [0.25, 0.3) is 10.2 Å². The molecule has 1 unspecified atom stereocenters. The van der Waals surface area contributed by atoms with Gasteiger partial charge in [0, 0.05) is 28.1 Å². The van der Waals surface area contributed by atoms with Crippen LogP contribution in [-0.4, -0.2) is 16.8 Å². The minimum absolute atomic E-state index is 0.0922. The first-order valence-electron chi connectivity index (χ1n) is 6.69. The molecule has 2 aromatic carbocycles. The van der Waals surface area contributed by atoms with Crippen molar-refractivity contribution in [2.75, 3.05) is 5.75 Å². The molecule has 1 atom stereocenters. The van der Waals surface area contributed by atoms with Crippen molar-refractivity contribution in [3.63, 3.8) is 0 Å². The molecule has 3 aromatic rings. The fourth-order valence-electron chi connectivity index (χ4n) is 2.05. The summed E-state index contributed by atoms with van der Waals surface area (Å²) in [6, 6.07) is 16.2. The third-order valence-corrected chi connectivity index (χ3v) is 5.51. The number of nitrogens with zero attached hydrogens (tertiary/aromatic N) is 1. The highest BCUT2D eigenvalue weighted by molar-refractivity contribution is 7.99. The van der Waals surface area contributed by atoms with E-state index in [9.17, 15) is 0 Å². The quantitative estimate of drug-likeness (QED) is 0.692. The smallest absolute Gasteiger partial charge is 0.0954 e. The maximum atomic E-state index is 6.23. The molecule has 5 heteroatoms. The van der Waals surface area contributed by atoms with Crippen LogP contribution in [0.4, 0.5) is 0 Å². The number of hydrogen-bond donors (Lipinski definition) is 1. The molecule has 2 nitrogen and oxygen atoms in total. The lowest BCUT2D eigenvalue weighted by atomic mass is 10.2. The Morgan fingerprint density at radius 1 is 1.19 bits per heavy atom. The summed E-state index contributed by atoms with van der Waals surface area (Å²) in [5.41, 5.74) is 7.29. The first-order chi connectivity index (χ1) is 10.2. The van der Waals surface area contributed by atoms with Crippen LogP contribution in [0.3, 0.4) is 0 Å². The molecular weight excluding hydrogens is 320 g/mol. The number of thioether (sulfide) groups is 1. The second-order valence-electron chi connectivity index (χ2n) is 4.81. The van der Waals surface area contributed by atoms with E-state index in [1.54, 1.807) is 23.1 Å². The second-order valence-corrected chi connectivity index (χ2v) is 7.45. The maximum absolute atomic E-state index is 6.23. The summed E-state index contributed by atoms with van der Waals surface area (Å²) in [5.74, 6) is 0.857. The zero-order valence-corrected chi connectivity index (χ0v) is 13.7. The van der Waals surface area contributed by atoms with Crippen LogP contribution in [0.5, 0.6) is 0 Å². The maximum Gasteiger partial charge on any atom is 0.0954 e. The number of halogens is 1. The summed E-state index contributed by atoms with van der Waals surface area (Å²) in [6.07, 6.45) is 0.812. The molecule has 2 N–H and O–H groups in total. The lowest BCUT2D eigenvalue weighted by Crippen LogP contribution is -2.25. The highest BCUT2D eigenvalue weighted by Crippen LogP contribution is 2.25. The molecule has 0 amide bonds. The van der Waals surface area contributed by atoms with Crippen molar-refractivity contribution in [3.8, 4) is 0 Å². The van der Waals surface area contributed by atoms with E-state index >= 15 is 0 Å². The van der Waals surface area contributed by atoms with Crippen molar-refractivity contribution in [2.45, 2.75) is 17.4 Å². The lowest BCUT2D eigenvalue weighted by Gasteiger charge is -2.09. The SMILES string of the molecule is NC(CSc1cccc(Cl)c1)Cc1nc2ccccc2s1. The molecule has 21 heavy (non-hydrogen) atoms. The second kappa shape index (κ2) is 6.79. The number of benzene rings is 2. The van der Waals surface area contributed by atoms with Gasteiger partial charge in [0.05, 0.1) is 15.2 Å². The number of para-hydroxylation sites is 1. The number of nitrogens with two attached hydrogens (primary N) is 1. The summed E-state index contributed by atoms with van der Waals surface area (Å²) in [7, 11) is 0. The molecule has 0 aliphatic carbocycles. The average Bonchev–Trinajstić information content (AvgIpc) is 2.87. The van der Waals surface area contributed by atoms with Gasteiger partial charge in [-0.3, -0.25) is 0 Å². The zero-order valence-electron chi connectivity index (χ0n) is 11.3. The third-order valence-electron chi connectivity index (χ3n) is 3.04. The van der Waals surface area contributed by atoms with E-state index in [4.69, 9.17) is 17.3 Å². The van der Waals surface area contributed by atoms with Gasteiger partial charge in [0.1, 0.15) is 0 Å². The molecule has 0 aliphatic rings. The van der Waals surface area contributed by atoms with Gasteiger partial charge in [-0.15, -0.1) is 23.1 Å². The third kappa shape index (κ3) is 3.98. The Balaban J connectivity index is 1.59. The van der Waals surface area contributed by atoms with E-state index in [0.717, 1.165) is 32.6 Å². The van der Waals surface area contributed by atoms with Crippen molar-refractivity contribution in [1.29, 1.82) is 0 Å². The fourth-order valence-corrected chi connectivity index (χ4v) is 4.28. The molecule has 1 aromatic heterocycles. The molecule has 0 fully saturated rings. The number of fused-ring (bicyclic) bond motifs is 1. The molecule has 3 rings (SSSR count). The molecule has 1 heterocycles. The van der Waals surface area contributed by atoms with Crippen LogP contribution >= 0.6 is 34.7 Å². The van der Waals surface area contributed by atoms with Crippen molar-refractivity contribution in [1.82, 2.24) is 4.98 Å². The molecule has 108 valence electrons. The summed E-state index contributed by atoms with van der Waals surface area (Å²) < 4.78 is 1.22. The highest BCUT2D eigenvalue weighted by atomic mass is 35.5. The number of rotatable bonds is 5. The zero-order chi connectivity index (χ0) is 14.7. The standard InChI is InChI=1S/C16H15ClN2S2/c17-11-4-3-5-13(8-11)20-10-12(18)9-16-19-14-6-1-2-7-15(14)21-16/h1-8,12H,9-10,18H2. The first-order valence-corrected chi connectivity index (χ1v) is 8.87. The number of thiazole rings is 1. The van der Waals surface area contributed by atoms with Crippen LogP contribution in [0.15, 0.2) is 53.4 Å². The Labute approximate surface area is 137 Å². The highest BCUT2D eigenvalue weighted by Gasteiger charge is 2.09. The van der Waals surface area contributed by atoms with Crippen LogP contribution in [0.1, 0.15) is 5.01 Å². The summed E-state index contributed by atoms with van der Waals surface area (Å²) in [6.45, 7) is 0.